The molecule has 19 heavy (non-hydrogen) atoms. The zero-order valence-electron chi connectivity index (χ0n) is 10.2. The standard InChI is InChI=1S/C14H13N3S2/c1-2-4-11(5-3-1)12-10-19-14(17-12)9-15-8-13-16-6-7-18-13/h1-7,10,15H,8-9H2. The van der Waals surface area contributed by atoms with Crippen LogP contribution in [0, 0.1) is 0 Å². The minimum atomic E-state index is 0.789. The van der Waals surface area contributed by atoms with E-state index in [2.05, 4.69) is 32.8 Å². The molecular weight excluding hydrogens is 274 g/mol. The Hall–Kier alpha value is -1.56. The molecule has 0 spiro atoms. The van der Waals surface area contributed by atoms with Crippen LogP contribution in [0.5, 0.6) is 0 Å². The van der Waals surface area contributed by atoms with Crippen LogP contribution in [0.25, 0.3) is 11.3 Å². The van der Waals surface area contributed by atoms with Gasteiger partial charge < -0.3 is 5.32 Å². The first-order valence-electron chi connectivity index (χ1n) is 6.01. The molecular formula is C14H13N3S2. The Morgan fingerprint density at radius 3 is 2.63 bits per heavy atom. The highest BCUT2D eigenvalue weighted by atomic mass is 32.1. The van der Waals surface area contributed by atoms with Gasteiger partial charge in [-0.3, -0.25) is 0 Å². The predicted octanol–water partition coefficient (Wildman–Crippen LogP) is 3.56. The van der Waals surface area contributed by atoms with E-state index in [1.165, 1.54) is 5.56 Å². The van der Waals surface area contributed by atoms with Crippen molar-refractivity contribution in [2.45, 2.75) is 13.1 Å². The van der Waals surface area contributed by atoms with Crippen molar-refractivity contribution in [1.82, 2.24) is 15.3 Å². The van der Waals surface area contributed by atoms with E-state index in [1.807, 2.05) is 29.8 Å². The molecule has 0 fully saturated rings. The van der Waals surface area contributed by atoms with Crippen LogP contribution in [0.4, 0.5) is 0 Å². The van der Waals surface area contributed by atoms with Crippen LogP contribution in [0.1, 0.15) is 10.0 Å². The van der Waals surface area contributed by atoms with Gasteiger partial charge in [0, 0.05) is 35.6 Å². The third kappa shape index (κ3) is 3.26. The van der Waals surface area contributed by atoms with Crippen LogP contribution in [0.15, 0.2) is 47.3 Å². The number of hydrogen-bond donors (Lipinski definition) is 1. The number of aromatic nitrogens is 2. The van der Waals surface area contributed by atoms with Crippen LogP contribution in [-0.2, 0) is 13.1 Å². The lowest BCUT2D eigenvalue weighted by Gasteiger charge is -1.98. The number of nitrogens with zero attached hydrogens (tertiary/aromatic N) is 2. The van der Waals surface area contributed by atoms with E-state index in [0.717, 1.165) is 28.8 Å². The molecule has 0 atom stereocenters. The van der Waals surface area contributed by atoms with E-state index < -0.39 is 0 Å². The van der Waals surface area contributed by atoms with Gasteiger partial charge in [-0.1, -0.05) is 30.3 Å². The van der Waals surface area contributed by atoms with Gasteiger partial charge in [-0.25, -0.2) is 9.97 Å². The molecule has 0 saturated carbocycles. The van der Waals surface area contributed by atoms with Crippen LogP contribution in [-0.4, -0.2) is 9.97 Å². The Bertz CT molecular complexity index is 617. The number of nitrogens with one attached hydrogen (secondary N) is 1. The quantitative estimate of drug-likeness (QED) is 0.779. The van der Waals surface area contributed by atoms with Gasteiger partial charge in [0.2, 0.25) is 0 Å². The average molecular weight is 287 g/mol. The van der Waals surface area contributed by atoms with E-state index in [1.54, 1.807) is 22.7 Å². The minimum absolute atomic E-state index is 0.789. The van der Waals surface area contributed by atoms with Crippen LogP contribution >= 0.6 is 22.7 Å². The molecule has 0 aliphatic heterocycles. The SMILES string of the molecule is c1ccc(-c2csc(CNCc3nccs3)n2)cc1. The normalized spacial score (nSPS) is 10.7. The van der Waals surface area contributed by atoms with Crippen LogP contribution in [0.2, 0.25) is 0 Å². The van der Waals surface area contributed by atoms with Crippen molar-refractivity contribution in [3.63, 3.8) is 0 Å². The van der Waals surface area contributed by atoms with Gasteiger partial charge in [-0.05, 0) is 0 Å². The second-order valence-corrected chi connectivity index (χ2v) is 5.94. The average Bonchev–Trinajstić information content (AvgIpc) is 3.11. The van der Waals surface area contributed by atoms with E-state index in [4.69, 9.17) is 0 Å². The Morgan fingerprint density at radius 1 is 1.00 bits per heavy atom. The molecule has 0 unspecified atom stereocenters. The molecule has 0 amide bonds. The second kappa shape index (κ2) is 6.06. The lowest BCUT2D eigenvalue weighted by molar-refractivity contribution is 0.687. The smallest absolute Gasteiger partial charge is 0.107 e. The first-order valence-corrected chi connectivity index (χ1v) is 7.76. The molecule has 0 aliphatic carbocycles. The first-order chi connectivity index (χ1) is 9.42. The van der Waals surface area contributed by atoms with Crippen molar-refractivity contribution in [2.24, 2.45) is 0 Å². The summed E-state index contributed by atoms with van der Waals surface area (Å²) in [7, 11) is 0. The molecule has 3 nitrogen and oxygen atoms in total. The van der Waals surface area contributed by atoms with Crippen molar-refractivity contribution in [3.8, 4) is 11.3 Å². The third-order valence-corrected chi connectivity index (χ3v) is 4.29. The molecule has 0 saturated heterocycles. The van der Waals surface area contributed by atoms with Gasteiger partial charge in [0.25, 0.3) is 0 Å². The molecule has 2 aromatic heterocycles. The zero-order valence-corrected chi connectivity index (χ0v) is 11.9. The summed E-state index contributed by atoms with van der Waals surface area (Å²) < 4.78 is 0. The fourth-order valence-corrected chi connectivity index (χ4v) is 3.11. The van der Waals surface area contributed by atoms with Gasteiger partial charge in [0.05, 0.1) is 5.69 Å². The van der Waals surface area contributed by atoms with Crippen LogP contribution in [0.3, 0.4) is 0 Å². The lowest BCUT2D eigenvalue weighted by Crippen LogP contribution is -2.12. The summed E-state index contributed by atoms with van der Waals surface area (Å²) in [6.07, 6.45) is 1.83. The summed E-state index contributed by atoms with van der Waals surface area (Å²) in [6, 6.07) is 10.3. The highest BCUT2D eigenvalue weighted by Crippen LogP contribution is 2.21. The summed E-state index contributed by atoms with van der Waals surface area (Å²) in [5, 5.41) is 9.68. The Kier molecular flexibility index (Phi) is 3.98. The molecule has 0 bridgehead atoms. The van der Waals surface area contributed by atoms with Gasteiger partial charge >= 0.3 is 0 Å². The van der Waals surface area contributed by atoms with E-state index in [9.17, 15) is 0 Å². The predicted molar refractivity (Wildman–Crippen MR) is 80.2 cm³/mol. The van der Waals surface area contributed by atoms with Crippen molar-refractivity contribution in [3.05, 3.63) is 57.3 Å². The van der Waals surface area contributed by atoms with E-state index in [0.29, 0.717) is 0 Å². The highest BCUT2D eigenvalue weighted by Gasteiger charge is 2.04. The summed E-state index contributed by atoms with van der Waals surface area (Å²) in [5.41, 5.74) is 2.22. The monoisotopic (exact) mass is 287 g/mol. The van der Waals surface area contributed by atoms with Gasteiger partial charge in [-0.15, -0.1) is 22.7 Å². The first kappa shape index (κ1) is 12.5. The maximum absolute atomic E-state index is 4.64. The summed E-state index contributed by atoms with van der Waals surface area (Å²) >= 11 is 3.36. The maximum atomic E-state index is 4.64. The molecule has 1 aromatic carbocycles. The zero-order chi connectivity index (χ0) is 12.9. The topological polar surface area (TPSA) is 37.8 Å². The third-order valence-electron chi connectivity index (χ3n) is 2.66. The number of rotatable bonds is 5. The largest absolute Gasteiger partial charge is 0.304 e. The van der Waals surface area contributed by atoms with Crippen LogP contribution < -0.4 is 5.32 Å². The molecule has 2 heterocycles. The van der Waals surface area contributed by atoms with Crippen molar-refractivity contribution >= 4 is 22.7 Å². The van der Waals surface area contributed by atoms with Crippen molar-refractivity contribution in [1.29, 1.82) is 0 Å². The van der Waals surface area contributed by atoms with Gasteiger partial charge in [0.1, 0.15) is 10.0 Å². The number of thiazole rings is 2. The lowest BCUT2D eigenvalue weighted by atomic mass is 10.2. The summed E-state index contributed by atoms with van der Waals surface area (Å²) in [6.45, 7) is 1.59. The van der Waals surface area contributed by atoms with Crippen molar-refractivity contribution in [2.75, 3.05) is 0 Å². The summed E-state index contributed by atoms with van der Waals surface area (Å²) in [4.78, 5) is 8.88. The minimum Gasteiger partial charge on any atom is -0.304 e. The van der Waals surface area contributed by atoms with E-state index in [-0.39, 0.29) is 0 Å². The molecule has 96 valence electrons. The fourth-order valence-electron chi connectivity index (χ4n) is 1.75. The number of hydrogen-bond acceptors (Lipinski definition) is 5. The highest BCUT2D eigenvalue weighted by molar-refractivity contribution is 7.10. The molecule has 3 rings (SSSR count). The van der Waals surface area contributed by atoms with Crippen molar-refractivity contribution < 1.29 is 0 Å². The Balaban J connectivity index is 1.59. The molecule has 0 aliphatic rings. The maximum Gasteiger partial charge on any atom is 0.107 e. The molecule has 3 aromatic rings. The second-order valence-electron chi connectivity index (χ2n) is 4.02. The number of benzene rings is 1. The van der Waals surface area contributed by atoms with Gasteiger partial charge in [-0.2, -0.15) is 0 Å². The molecule has 0 radical (unpaired) electrons. The Labute approximate surface area is 120 Å². The Morgan fingerprint density at radius 2 is 1.84 bits per heavy atom. The molecule has 1 N–H and O–H groups in total. The fraction of sp³-hybridized carbons (Fsp3) is 0.143. The summed E-state index contributed by atoms with van der Waals surface area (Å²) in [5.74, 6) is 0. The van der Waals surface area contributed by atoms with Gasteiger partial charge in [0.15, 0.2) is 0 Å². The molecule has 5 heteroatoms. The van der Waals surface area contributed by atoms with E-state index >= 15 is 0 Å².